The van der Waals surface area contributed by atoms with E-state index in [4.69, 9.17) is 5.73 Å². The molecule has 0 saturated carbocycles. The first-order valence-corrected chi connectivity index (χ1v) is 3.52. The molecule has 0 radical (unpaired) electrons. The van der Waals surface area contributed by atoms with Gasteiger partial charge in [0.1, 0.15) is 6.04 Å². The van der Waals surface area contributed by atoms with Gasteiger partial charge in [0, 0.05) is 6.42 Å². The van der Waals surface area contributed by atoms with Gasteiger partial charge in [0.15, 0.2) is 0 Å². The van der Waals surface area contributed by atoms with Crippen molar-refractivity contribution in [1.82, 2.24) is 0 Å². The first-order chi connectivity index (χ1) is 5.61. The van der Waals surface area contributed by atoms with Crippen LogP contribution in [0.15, 0.2) is 0 Å². The Kier molecular flexibility index (Phi) is 39.6. The van der Waals surface area contributed by atoms with Crippen LogP contribution in [0.5, 0.6) is 0 Å². The summed E-state index contributed by atoms with van der Waals surface area (Å²) in [5.74, 6) is -0.895. The van der Waals surface area contributed by atoms with E-state index in [1.165, 1.54) is 14.2 Å². The van der Waals surface area contributed by atoms with Gasteiger partial charge in [-0.3, -0.25) is 9.59 Å². The van der Waals surface area contributed by atoms with E-state index in [2.05, 4.69) is 9.47 Å². The molecule has 16 heavy (non-hydrogen) atoms. The Morgan fingerprint density at radius 2 is 1.56 bits per heavy atom. The van der Waals surface area contributed by atoms with Crippen molar-refractivity contribution in [2.45, 2.75) is 18.9 Å². The van der Waals surface area contributed by atoms with Gasteiger partial charge in [0.05, 0.1) is 14.2 Å². The van der Waals surface area contributed by atoms with Crippen molar-refractivity contribution in [2.75, 3.05) is 14.2 Å². The molecule has 0 fully saturated rings. The van der Waals surface area contributed by atoms with Crippen molar-refractivity contribution in [3.63, 3.8) is 0 Å². The van der Waals surface area contributed by atoms with Crippen LogP contribution in [0.3, 0.4) is 0 Å². The average molecular weight is 271 g/mol. The maximum absolute atomic E-state index is 10.7. The van der Waals surface area contributed by atoms with Crippen LogP contribution in [-0.2, 0) is 19.1 Å². The summed E-state index contributed by atoms with van der Waals surface area (Å²) in [4.78, 5) is 21.3. The molecule has 0 aliphatic heterocycles. The van der Waals surface area contributed by atoms with Gasteiger partial charge in [-0.25, -0.2) is 0 Å². The zero-order valence-electron chi connectivity index (χ0n) is 15.2. The first kappa shape index (κ1) is 31.3. The minimum atomic E-state index is -0.742. The summed E-state index contributed by atoms with van der Waals surface area (Å²) in [5, 5.41) is 0. The number of nitrogens with two attached hydrogens (primary N) is 1. The molecule has 0 heterocycles. The fourth-order valence-electron chi connectivity index (χ4n) is 0.645. The van der Waals surface area contributed by atoms with E-state index < -0.39 is 12.0 Å². The number of carbonyl (C=O) groups is 2. The number of rotatable bonds is 4. The van der Waals surface area contributed by atoms with Gasteiger partial charge >= 0.3 is 130 Å². The van der Waals surface area contributed by atoms with Gasteiger partial charge in [-0.1, -0.05) is 0 Å². The van der Waals surface area contributed by atoms with Crippen molar-refractivity contribution in [3.05, 3.63) is 0 Å². The molecule has 0 saturated heterocycles. The number of hydrogen-bond acceptors (Lipinski definition) is 5. The van der Waals surface area contributed by atoms with Crippen LogP contribution in [-0.4, -0.2) is 32.2 Å². The molecule has 0 aromatic rings. The summed E-state index contributed by atoms with van der Waals surface area (Å²) in [6.45, 7) is 0. The monoisotopic (exact) mass is 271 g/mol. The number of esters is 2. The molecule has 0 aromatic carbocycles. The van der Waals surface area contributed by atoms with E-state index >= 15 is 0 Å². The maximum Gasteiger partial charge on any atom is 1.00 e. The van der Waals surface area contributed by atoms with Crippen molar-refractivity contribution in [1.29, 1.82) is 0 Å². The zero-order valence-corrected chi connectivity index (χ0v) is 19.2. The van der Waals surface area contributed by atoms with Gasteiger partial charge in [-0.2, -0.15) is 0 Å². The van der Waals surface area contributed by atoms with E-state index in [1.807, 2.05) is 0 Å². The van der Waals surface area contributed by atoms with Gasteiger partial charge in [0.2, 0.25) is 0 Å². The van der Waals surface area contributed by atoms with E-state index in [0.717, 1.165) is 0 Å². The number of methoxy groups -OCH3 is 2. The molecule has 1 atom stereocenters. The molecule has 5 nitrogen and oxygen atoms in total. The molecular weight excluding hydrogens is 254 g/mol. The molecule has 0 spiro atoms. The molecular formula is C7H17NNa4O4. The topological polar surface area (TPSA) is 78.6 Å². The second kappa shape index (κ2) is 20.2. The zero-order chi connectivity index (χ0) is 9.56. The second-order valence-electron chi connectivity index (χ2n) is 2.24. The summed E-state index contributed by atoms with van der Waals surface area (Å²) in [5.41, 5.74) is 5.35. The summed E-state index contributed by atoms with van der Waals surface area (Å²) in [6, 6.07) is -0.742. The van der Waals surface area contributed by atoms with E-state index in [-0.39, 0.29) is 143 Å². The minimum Gasteiger partial charge on any atom is -1.00 e. The molecule has 0 aliphatic rings. The fraction of sp³-hybridized carbons (Fsp3) is 0.714. The third kappa shape index (κ3) is 16.9. The average Bonchev–Trinajstić information content (AvgIpc) is 2.11. The smallest absolute Gasteiger partial charge is 1.00 e. The van der Waals surface area contributed by atoms with E-state index in [1.54, 1.807) is 0 Å². The standard InChI is InChI=1S/C7H13NO4.4Na.4H/c1-11-6(9)4-3-5(8)7(10)12-2;;;;;;;;/h5H,3-4,8H2,1-2H3;;;;;;;;/q;4*+1;4*-1/t5-;;;;;;;;/m0......../s1. The van der Waals surface area contributed by atoms with Gasteiger partial charge in [-0.05, 0) is 6.42 Å². The van der Waals surface area contributed by atoms with Crippen molar-refractivity contribution in [3.8, 4) is 0 Å². The maximum atomic E-state index is 10.7. The molecule has 0 unspecified atom stereocenters. The second-order valence-corrected chi connectivity index (χ2v) is 2.24. The molecule has 0 rings (SSSR count). The number of carbonyl (C=O) groups excluding carboxylic acids is 2. The molecule has 0 aliphatic carbocycles. The largest absolute Gasteiger partial charge is 1.00 e. The third-order valence-electron chi connectivity index (χ3n) is 1.39. The quantitative estimate of drug-likeness (QED) is 0.406. The SMILES string of the molecule is COC(=O)CC[C@H](N)C(=O)OC.[H-].[H-].[H-].[H-].[Na+].[Na+].[Na+].[Na+]. The van der Waals surface area contributed by atoms with Crippen LogP contribution >= 0.6 is 0 Å². The van der Waals surface area contributed by atoms with Crippen LogP contribution in [0.2, 0.25) is 0 Å². The van der Waals surface area contributed by atoms with E-state index in [9.17, 15) is 9.59 Å². The number of ether oxygens (including phenoxy) is 2. The predicted molar refractivity (Wildman–Crippen MR) is 45.7 cm³/mol. The molecule has 0 bridgehead atoms. The van der Waals surface area contributed by atoms with Crippen LogP contribution in [0.1, 0.15) is 18.5 Å². The molecule has 0 aromatic heterocycles. The van der Waals surface area contributed by atoms with Gasteiger partial charge in [0.25, 0.3) is 0 Å². The summed E-state index contributed by atoms with van der Waals surface area (Å²) >= 11 is 0. The van der Waals surface area contributed by atoms with Crippen LogP contribution in [0, 0.1) is 0 Å². The Bertz CT molecular complexity index is 196. The van der Waals surface area contributed by atoms with Crippen molar-refractivity contribution >= 4 is 11.9 Å². The normalized spacial score (nSPS) is 8.94. The Balaban J connectivity index is -0.0000000216. The van der Waals surface area contributed by atoms with Crippen molar-refractivity contribution < 1.29 is 143 Å². The van der Waals surface area contributed by atoms with Crippen LogP contribution in [0.4, 0.5) is 0 Å². The molecule has 0 amide bonds. The Hall–Kier alpha value is 2.90. The van der Waals surface area contributed by atoms with E-state index in [0.29, 0.717) is 0 Å². The van der Waals surface area contributed by atoms with Gasteiger partial charge in [-0.15, -0.1) is 0 Å². The van der Waals surface area contributed by atoms with Crippen molar-refractivity contribution in [2.24, 2.45) is 5.73 Å². The minimum absolute atomic E-state index is 0. The Morgan fingerprint density at radius 1 is 1.12 bits per heavy atom. The number of hydrogen-bond donors (Lipinski definition) is 1. The summed E-state index contributed by atoms with van der Waals surface area (Å²) in [6.07, 6.45) is 0.381. The Morgan fingerprint density at radius 3 is 1.88 bits per heavy atom. The van der Waals surface area contributed by atoms with Crippen LogP contribution in [0.25, 0.3) is 0 Å². The predicted octanol–water partition coefficient (Wildman–Crippen LogP) is -12.1. The fourth-order valence-corrected chi connectivity index (χ4v) is 0.645. The molecule has 9 heteroatoms. The molecule has 2 N–H and O–H groups in total. The Labute approximate surface area is 190 Å². The third-order valence-corrected chi connectivity index (χ3v) is 1.39. The summed E-state index contributed by atoms with van der Waals surface area (Å²) < 4.78 is 8.73. The molecule has 78 valence electrons. The summed E-state index contributed by atoms with van der Waals surface area (Å²) in [7, 11) is 2.53. The van der Waals surface area contributed by atoms with Crippen LogP contribution < -0.4 is 124 Å². The van der Waals surface area contributed by atoms with Gasteiger partial charge < -0.3 is 20.9 Å². The first-order valence-electron chi connectivity index (χ1n) is 3.52.